The molecule has 0 aromatic heterocycles. The molecular weight excluding hydrogens is 255 g/mol. The van der Waals surface area contributed by atoms with E-state index in [0.29, 0.717) is 24.6 Å². The molecule has 106 valence electrons. The van der Waals surface area contributed by atoms with Crippen molar-refractivity contribution in [2.24, 2.45) is 0 Å². The summed E-state index contributed by atoms with van der Waals surface area (Å²) in [7, 11) is 0. The zero-order valence-corrected chi connectivity index (χ0v) is 11.8. The van der Waals surface area contributed by atoms with E-state index < -0.39 is 0 Å². The summed E-state index contributed by atoms with van der Waals surface area (Å²) in [5, 5.41) is 0. The molecule has 0 aliphatic heterocycles. The number of nitrogens with zero attached hydrogens (tertiary/aromatic N) is 1. The van der Waals surface area contributed by atoms with Gasteiger partial charge < -0.3 is 15.4 Å². The minimum Gasteiger partial charge on any atom is -0.492 e. The van der Waals surface area contributed by atoms with E-state index in [1.165, 1.54) is 12.1 Å². The Hall–Kier alpha value is -2.23. The normalized spacial score (nSPS) is 10.3. The lowest BCUT2D eigenvalue weighted by Gasteiger charge is -2.25. The Morgan fingerprint density at radius 2 is 1.90 bits per heavy atom. The van der Waals surface area contributed by atoms with Crippen LogP contribution in [0.25, 0.3) is 0 Å². The Kier molecular flexibility index (Phi) is 4.45. The lowest BCUT2D eigenvalue weighted by Crippen LogP contribution is -2.18. The monoisotopic (exact) mass is 274 g/mol. The van der Waals surface area contributed by atoms with Gasteiger partial charge in [-0.3, -0.25) is 0 Å². The SMILES string of the molecule is CCOc1cccc(N(CC)c2cccc(F)c2)c1N. The third-order valence-corrected chi connectivity index (χ3v) is 3.07. The maximum absolute atomic E-state index is 13.4. The van der Waals surface area contributed by atoms with Gasteiger partial charge in [-0.05, 0) is 44.2 Å². The predicted molar refractivity (Wildman–Crippen MR) is 81.1 cm³/mol. The molecule has 3 nitrogen and oxygen atoms in total. The molecule has 0 bridgehead atoms. The third kappa shape index (κ3) is 2.85. The molecule has 0 fully saturated rings. The minimum absolute atomic E-state index is 0.263. The van der Waals surface area contributed by atoms with Gasteiger partial charge in [-0.25, -0.2) is 4.39 Å². The molecule has 2 N–H and O–H groups in total. The molecule has 0 radical (unpaired) electrons. The van der Waals surface area contributed by atoms with Gasteiger partial charge in [0.25, 0.3) is 0 Å². The second kappa shape index (κ2) is 6.28. The smallest absolute Gasteiger partial charge is 0.144 e. The molecule has 0 atom stereocenters. The van der Waals surface area contributed by atoms with Crippen molar-refractivity contribution in [3.63, 3.8) is 0 Å². The van der Waals surface area contributed by atoms with Gasteiger partial charge in [0.15, 0.2) is 0 Å². The van der Waals surface area contributed by atoms with E-state index in [-0.39, 0.29) is 5.82 Å². The third-order valence-electron chi connectivity index (χ3n) is 3.07. The molecule has 0 unspecified atom stereocenters. The maximum Gasteiger partial charge on any atom is 0.144 e. The molecule has 0 aliphatic rings. The first-order chi connectivity index (χ1) is 9.67. The number of halogens is 1. The topological polar surface area (TPSA) is 38.5 Å². The second-order valence-electron chi connectivity index (χ2n) is 4.35. The van der Waals surface area contributed by atoms with Crippen LogP contribution in [-0.4, -0.2) is 13.2 Å². The summed E-state index contributed by atoms with van der Waals surface area (Å²) in [6.07, 6.45) is 0. The Bertz CT molecular complexity index is 586. The van der Waals surface area contributed by atoms with Crippen molar-refractivity contribution in [3.8, 4) is 5.75 Å². The summed E-state index contributed by atoms with van der Waals surface area (Å²) in [5.74, 6) is 0.389. The Morgan fingerprint density at radius 1 is 1.15 bits per heavy atom. The number of anilines is 3. The fourth-order valence-electron chi connectivity index (χ4n) is 2.19. The summed E-state index contributed by atoms with van der Waals surface area (Å²) in [6, 6.07) is 12.1. The van der Waals surface area contributed by atoms with Gasteiger partial charge in [0, 0.05) is 12.2 Å². The zero-order valence-electron chi connectivity index (χ0n) is 11.8. The van der Waals surface area contributed by atoms with Crippen LogP contribution in [0.3, 0.4) is 0 Å². The van der Waals surface area contributed by atoms with Crippen LogP contribution >= 0.6 is 0 Å². The van der Waals surface area contributed by atoms with Crippen LogP contribution in [0.5, 0.6) is 5.75 Å². The zero-order chi connectivity index (χ0) is 14.5. The van der Waals surface area contributed by atoms with Gasteiger partial charge in [0.05, 0.1) is 18.0 Å². The molecule has 0 saturated carbocycles. The first-order valence-electron chi connectivity index (χ1n) is 6.71. The average Bonchev–Trinajstić information content (AvgIpc) is 2.44. The average molecular weight is 274 g/mol. The lowest BCUT2D eigenvalue weighted by atomic mass is 10.2. The van der Waals surface area contributed by atoms with Crippen molar-refractivity contribution in [2.45, 2.75) is 13.8 Å². The predicted octanol–water partition coefficient (Wildman–Crippen LogP) is 3.96. The molecule has 4 heteroatoms. The van der Waals surface area contributed by atoms with Gasteiger partial charge in [-0.2, -0.15) is 0 Å². The highest BCUT2D eigenvalue weighted by atomic mass is 19.1. The van der Waals surface area contributed by atoms with Gasteiger partial charge in [0.2, 0.25) is 0 Å². The van der Waals surface area contributed by atoms with Crippen LogP contribution < -0.4 is 15.4 Å². The van der Waals surface area contributed by atoms with Crippen molar-refractivity contribution < 1.29 is 9.13 Å². The highest BCUT2D eigenvalue weighted by molar-refractivity contribution is 5.79. The van der Waals surface area contributed by atoms with Crippen LogP contribution in [0.2, 0.25) is 0 Å². The number of nitrogen functional groups attached to an aromatic ring is 1. The summed E-state index contributed by atoms with van der Waals surface area (Å²) in [6.45, 7) is 5.15. The standard InChI is InChI=1S/C16H19FN2O/c1-3-19(13-8-5-7-12(17)11-13)14-9-6-10-15(16(14)18)20-4-2/h5-11H,3-4,18H2,1-2H3. The molecule has 0 heterocycles. The van der Waals surface area contributed by atoms with Crippen LogP contribution in [-0.2, 0) is 0 Å². The molecule has 0 saturated heterocycles. The van der Waals surface area contributed by atoms with E-state index >= 15 is 0 Å². The van der Waals surface area contributed by atoms with Crippen molar-refractivity contribution in [1.29, 1.82) is 0 Å². The van der Waals surface area contributed by atoms with Gasteiger partial charge in [-0.15, -0.1) is 0 Å². The highest BCUT2D eigenvalue weighted by Crippen LogP contribution is 2.36. The number of para-hydroxylation sites is 1. The number of ether oxygens (including phenoxy) is 1. The summed E-state index contributed by atoms with van der Waals surface area (Å²) in [5.41, 5.74) is 8.33. The summed E-state index contributed by atoms with van der Waals surface area (Å²) < 4.78 is 18.9. The van der Waals surface area contributed by atoms with Crippen LogP contribution in [0.4, 0.5) is 21.5 Å². The van der Waals surface area contributed by atoms with Crippen LogP contribution in [0.1, 0.15) is 13.8 Å². The summed E-state index contributed by atoms with van der Waals surface area (Å²) in [4.78, 5) is 1.96. The minimum atomic E-state index is -0.263. The first-order valence-corrected chi connectivity index (χ1v) is 6.71. The van der Waals surface area contributed by atoms with Gasteiger partial charge in [0.1, 0.15) is 11.6 Å². The molecule has 0 spiro atoms. The van der Waals surface area contributed by atoms with Crippen molar-refractivity contribution >= 4 is 17.1 Å². The van der Waals surface area contributed by atoms with E-state index in [2.05, 4.69) is 0 Å². The van der Waals surface area contributed by atoms with E-state index in [4.69, 9.17) is 10.5 Å². The quantitative estimate of drug-likeness (QED) is 0.839. The summed E-state index contributed by atoms with van der Waals surface area (Å²) >= 11 is 0. The van der Waals surface area contributed by atoms with E-state index in [9.17, 15) is 4.39 Å². The highest BCUT2D eigenvalue weighted by Gasteiger charge is 2.14. The molecule has 0 aliphatic carbocycles. The van der Waals surface area contributed by atoms with E-state index in [1.54, 1.807) is 6.07 Å². The first kappa shape index (κ1) is 14.2. The molecule has 20 heavy (non-hydrogen) atoms. The Labute approximate surface area is 118 Å². The Morgan fingerprint density at radius 3 is 2.55 bits per heavy atom. The van der Waals surface area contributed by atoms with E-state index in [0.717, 1.165) is 11.4 Å². The van der Waals surface area contributed by atoms with Gasteiger partial charge in [-0.1, -0.05) is 12.1 Å². The number of benzene rings is 2. The molecular formula is C16H19FN2O. The van der Waals surface area contributed by atoms with Crippen molar-refractivity contribution in [2.75, 3.05) is 23.8 Å². The molecule has 2 aromatic carbocycles. The number of hydrogen-bond donors (Lipinski definition) is 1. The lowest BCUT2D eigenvalue weighted by molar-refractivity contribution is 0.342. The van der Waals surface area contributed by atoms with Crippen molar-refractivity contribution in [1.82, 2.24) is 0 Å². The van der Waals surface area contributed by atoms with Gasteiger partial charge >= 0.3 is 0 Å². The Balaban J connectivity index is 2.44. The fraction of sp³-hybridized carbons (Fsp3) is 0.250. The van der Waals surface area contributed by atoms with Crippen LogP contribution in [0.15, 0.2) is 42.5 Å². The largest absolute Gasteiger partial charge is 0.492 e. The van der Waals surface area contributed by atoms with Crippen molar-refractivity contribution in [3.05, 3.63) is 48.3 Å². The second-order valence-corrected chi connectivity index (χ2v) is 4.35. The maximum atomic E-state index is 13.4. The molecule has 0 amide bonds. The van der Waals surface area contributed by atoms with Crippen LogP contribution in [0, 0.1) is 5.82 Å². The number of nitrogens with two attached hydrogens (primary N) is 1. The molecule has 2 rings (SSSR count). The number of hydrogen-bond acceptors (Lipinski definition) is 3. The van der Waals surface area contributed by atoms with E-state index in [1.807, 2.05) is 43.0 Å². The molecule has 2 aromatic rings. The fourth-order valence-corrected chi connectivity index (χ4v) is 2.19. The number of rotatable bonds is 5.